The maximum atomic E-state index is 5.35. The van der Waals surface area contributed by atoms with Crippen LogP contribution in [0, 0.1) is 0 Å². The van der Waals surface area contributed by atoms with Crippen LogP contribution in [0.5, 0.6) is 5.75 Å². The molecule has 132 valence electrons. The van der Waals surface area contributed by atoms with Crippen molar-refractivity contribution in [2.75, 3.05) is 37.0 Å². The fourth-order valence-electron chi connectivity index (χ4n) is 3.12. The zero-order valence-electron chi connectivity index (χ0n) is 14.5. The molecule has 5 nitrogen and oxygen atoms in total. The van der Waals surface area contributed by atoms with Crippen molar-refractivity contribution in [1.29, 1.82) is 0 Å². The topological polar surface area (TPSA) is 49.4 Å². The van der Waals surface area contributed by atoms with Crippen LogP contribution in [0.1, 0.15) is 18.4 Å². The van der Waals surface area contributed by atoms with Crippen molar-refractivity contribution in [2.45, 2.75) is 19.3 Å². The van der Waals surface area contributed by atoms with Crippen LogP contribution in [-0.4, -0.2) is 36.8 Å². The van der Waals surface area contributed by atoms with Crippen molar-refractivity contribution in [3.8, 4) is 5.75 Å². The molecule has 1 aromatic carbocycles. The van der Waals surface area contributed by atoms with E-state index < -0.39 is 0 Å². The number of aryl methyl sites for hydroxylation is 1. The summed E-state index contributed by atoms with van der Waals surface area (Å²) >= 11 is 5.35. The van der Waals surface area contributed by atoms with Crippen LogP contribution in [0.25, 0.3) is 0 Å². The molecule has 2 N–H and O–H groups in total. The summed E-state index contributed by atoms with van der Waals surface area (Å²) < 4.78 is 5.27. The Labute approximate surface area is 154 Å². The Bertz CT molecular complexity index is 722. The quantitative estimate of drug-likeness (QED) is 0.612. The molecule has 3 rings (SSSR count). The molecule has 0 radical (unpaired) electrons. The number of nitrogens with zero attached hydrogens (tertiary/aromatic N) is 2. The van der Waals surface area contributed by atoms with Gasteiger partial charge in [0.25, 0.3) is 0 Å². The molecule has 0 aliphatic carbocycles. The number of pyridine rings is 1. The molecule has 0 saturated carbocycles. The Balaban J connectivity index is 1.44. The van der Waals surface area contributed by atoms with Crippen LogP contribution >= 0.6 is 12.2 Å². The van der Waals surface area contributed by atoms with E-state index in [1.54, 1.807) is 13.3 Å². The van der Waals surface area contributed by atoms with E-state index in [1.807, 2.05) is 12.1 Å². The molecule has 0 unspecified atom stereocenters. The number of aromatic nitrogens is 1. The Kier molecular flexibility index (Phi) is 6.06. The molecule has 0 saturated heterocycles. The Morgan fingerprint density at radius 3 is 3.04 bits per heavy atom. The number of anilines is 2. The number of para-hydroxylation sites is 1. The second kappa shape index (κ2) is 8.67. The zero-order valence-corrected chi connectivity index (χ0v) is 15.3. The maximum Gasteiger partial charge on any atom is 0.174 e. The van der Waals surface area contributed by atoms with Gasteiger partial charge in [0, 0.05) is 31.5 Å². The van der Waals surface area contributed by atoms with Gasteiger partial charge in [0.1, 0.15) is 0 Å². The molecule has 25 heavy (non-hydrogen) atoms. The van der Waals surface area contributed by atoms with Gasteiger partial charge < -0.3 is 20.3 Å². The number of benzene rings is 1. The van der Waals surface area contributed by atoms with Crippen molar-refractivity contribution in [3.63, 3.8) is 0 Å². The first-order valence-corrected chi connectivity index (χ1v) is 9.05. The number of methoxy groups -OCH3 is 1. The predicted octanol–water partition coefficient (Wildman–Crippen LogP) is 3.22. The van der Waals surface area contributed by atoms with Gasteiger partial charge in [-0.1, -0.05) is 18.2 Å². The summed E-state index contributed by atoms with van der Waals surface area (Å²) in [7, 11) is 1.62. The van der Waals surface area contributed by atoms with Crippen molar-refractivity contribution in [2.24, 2.45) is 0 Å². The monoisotopic (exact) mass is 356 g/mol. The number of rotatable bonds is 6. The van der Waals surface area contributed by atoms with Gasteiger partial charge >= 0.3 is 0 Å². The molecule has 0 atom stereocenters. The third kappa shape index (κ3) is 4.60. The third-order valence-electron chi connectivity index (χ3n) is 4.32. The molecule has 0 spiro atoms. The van der Waals surface area contributed by atoms with E-state index in [1.165, 1.54) is 24.1 Å². The van der Waals surface area contributed by atoms with Crippen LogP contribution in [0.2, 0.25) is 0 Å². The second-order valence-electron chi connectivity index (χ2n) is 6.01. The molecule has 0 fully saturated rings. The van der Waals surface area contributed by atoms with E-state index in [4.69, 9.17) is 17.0 Å². The summed E-state index contributed by atoms with van der Waals surface area (Å²) in [6.07, 6.45) is 5.14. The second-order valence-corrected chi connectivity index (χ2v) is 6.42. The summed E-state index contributed by atoms with van der Waals surface area (Å²) in [6, 6.07) is 12.4. The van der Waals surface area contributed by atoms with Crippen LogP contribution < -0.4 is 20.3 Å². The average molecular weight is 356 g/mol. The van der Waals surface area contributed by atoms with E-state index >= 15 is 0 Å². The molecule has 0 bridgehead atoms. The molecule has 1 aromatic heterocycles. The van der Waals surface area contributed by atoms with Crippen molar-refractivity contribution in [1.82, 2.24) is 10.3 Å². The lowest BCUT2D eigenvalue weighted by Gasteiger charge is -2.31. The maximum absolute atomic E-state index is 5.35. The molecule has 6 heteroatoms. The minimum Gasteiger partial charge on any atom is -0.493 e. The van der Waals surface area contributed by atoms with E-state index in [0.29, 0.717) is 16.7 Å². The summed E-state index contributed by atoms with van der Waals surface area (Å²) in [5.74, 6) is 1.31. The number of nitrogens with one attached hydrogen (secondary N) is 2. The number of hydrogen-bond donors (Lipinski definition) is 2. The molecule has 0 amide bonds. The molecule has 1 aliphatic rings. The number of fused-ring (bicyclic) bond motifs is 1. The van der Waals surface area contributed by atoms with Crippen LogP contribution in [0.3, 0.4) is 0 Å². The van der Waals surface area contributed by atoms with Gasteiger partial charge in [-0.3, -0.25) is 0 Å². The first kappa shape index (κ1) is 17.5. The summed E-state index contributed by atoms with van der Waals surface area (Å²) in [6.45, 7) is 2.98. The van der Waals surface area contributed by atoms with Crippen LogP contribution in [0.15, 0.2) is 42.6 Å². The van der Waals surface area contributed by atoms with Crippen molar-refractivity contribution >= 4 is 28.8 Å². The van der Waals surface area contributed by atoms with Gasteiger partial charge in [-0.15, -0.1) is 0 Å². The van der Waals surface area contributed by atoms with E-state index in [9.17, 15) is 0 Å². The number of hydrogen-bond acceptors (Lipinski definition) is 4. The lowest BCUT2D eigenvalue weighted by molar-refractivity contribution is 0.415. The molecular formula is C19H24N4OS. The SMILES string of the molecule is COc1cccnc1NC(=S)NCCCN1CCCc2ccccc21. The van der Waals surface area contributed by atoms with Gasteiger partial charge in [-0.05, 0) is 55.2 Å². The summed E-state index contributed by atoms with van der Waals surface area (Å²) in [5, 5.41) is 6.90. The van der Waals surface area contributed by atoms with E-state index in [-0.39, 0.29) is 0 Å². The third-order valence-corrected chi connectivity index (χ3v) is 4.57. The standard InChI is InChI=1S/C19H24N4OS/c1-24-17-10-4-11-20-18(17)22-19(25)21-12-6-14-23-13-5-8-15-7-2-3-9-16(15)23/h2-4,7,9-11H,5-6,8,12-14H2,1H3,(H2,20,21,22,25). The Hall–Kier alpha value is -2.34. The van der Waals surface area contributed by atoms with Gasteiger partial charge in [0.15, 0.2) is 16.7 Å². The van der Waals surface area contributed by atoms with Crippen molar-refractivity contribution < 1.29 is 4.74 Å². The highest BCUT2D eigenvalue weighted by Gasteiger charge is 2.15. The first-order valence-electron chi connectivity index (χ1n) is 8.64. The lowest BCUT2D eigenvalue weighted by Crippen LogP contribution is -2.34. The highest BCUT2D eigenvalue weighted by Crippen LogP contribution is 2.26. The Morgan fingerprint density at radius 2 is 2.16 bits per heavy atom. The number of thiocarbonyl (C=S) groups is 1. The molecular weight excluding hydrogens is 332 g/mol. The average Bonchev–Trinajstić information content (AvgIpc) is 2.66. The van der Waals surface area contributed by atoms with Gasteiger partial charge in [-0.25, -0.2) is 4.98 Å². The largest absolute Gasteiger partial charge is 0.493 e. The molecule has 1 aliphatic heterocycles. The normalized spacial score (nSPS) is 13.1. The summed E-state index contributed by atoms with van der Waals surface area (Å²) in [5.41, 5.74) is 2.84. The van der Waals surface area contributed by atoms with Gasteiger partial charge in [-0.2, -0.15) is 0 Å². The van der Waals surface area contributed by atoms with Crippen LogP contribution in [-0.2, 0) is 6.42 Å². The zero-order chi connectivity index (χ0) is 17.5. The highest BCUT2D eigenvalue weighted by molar-refractivity contribution is 7.80. The first-order chi connectivity index (χ1) is 12.3. The minimum absolute atomic E-state index is 0.566. The van der Waals surface area contributed by atoms with Crippen LogP contribution in [0.4, 0.5) is 11.5 Å². The predicted molar refractivity (Wildman–Crippen MR) is 107 cm³/mol. The van der Waals surface area contributed by atoms with Gasteiger partial charge in [0.2, 0.25) is 0 Å². The molecule has 2 aromatic rings. The van der Waals surface area contributed by atoms with Crippen molar-refractivity contribution in [3.05, 3.63) is 48.2 Å². The molecule has 2 heterocycles. The Morgan fingerprint density at radius 1 is 1.28 bits per heavy atom. The number of ether oxygens (including phenoxy) is 1. The smallest absolute Gasteiger partial charge is 0.174 e. The fraction of sp³-hybridized carbons (Fsp3) is 0.368. The van der Waals surface area contributed by atoms with E-state index in [0.717, 1.165) is 26.1 Å². The summed E-state index contributed by atoms with van der Waals surface area (Å²) in [4.78, 5) is 6.72. The highest BCUT2D eigenvalue weighted by atomic mass is 32.1. The lowest BCUT2D eigenvalue weighted by atomic mass is 10.0. The van der Waals surface area contributed by atoms with E-state index in [2.05, 4.69) is 44.8 Å². The fourth-order valence-corrected chi connectivity index (χ4v) is 3.32. The minimum atomic E-state index is 0.566. The van der Waals surface area contributed by atoms with Gasteiger partial charge in [0.05, 0.1) is 7.11 Å².